The standard InChI is InChI=1S/C40H41N7O4/c1-27(2)45-38-39(49)47(35(24-44-38)33-20-31(21-34(41)22-33)15-9-14-28-10-5-3-6-11-28)25-36(48)43-23-29-16-18-32(19-17-29)37(42)46-40(50)51-26-30-12-7-4-8-13-30/h3-13,15-22,24,27H,14,23,25-26,41H2,1-2H3,(H,43,48)(H,44,45)(H2,42,46,50). The van der Waals surface area contributed by atoms with Crippen LogP contribution in [0.2, 0.25) is 0 Å². The van der Waals surface area contributed by atoms with Gasteiger partial charge < -0.3 is 26.8 Å². The first-order valence-corrected chi connectivity index (χ1v) is 16.5. The van der Waals surface area contributed by atoms with Crippen molar-refractivity contribution in [2.24, 2.45) is 10.7 Å². The van der Waals surface area contributed by atoms with Gasteiger partial charge in [0.15, 0.2) is 5.82 Å². The first-order valence-electron chi connectivity index (χ1n) is 16.5. The first kappa shape index (κ1) is 35.8. The lowest BCUT2D eigenvalue weighted by Crippen LogP contribution is -2.35. The van der Waals surface area contributed by atoms with Gasteiger partial charge in [0.1, 0.15) is 19.0 Å². The van der Waals surface area contributed by atoms with E-state index in [4.69, 9.17) is 16.2 Å². The van der Waals surface area contributed by atoms with Crippen LogP contribution in [-0.2, 0) is 35.6 Å². The monoisotopic (exact) mass is 683 g/mol. The second-order valence-corrected chi connectivity index (χ2v) is 12.2. The van der Waals surface area contributed by atoms with E-state index in [0.717, 1.165) is 23.1 Å². The number of nitrogens with one attached hydrogen (secondary N) is 2. The Kier molecular flexibility index (Phi) is 12.1. The fraction of sp³-hybridized carbons (Fsp3) is 0.175. The van der Waals surface area contributed by atoms with E-state index in [1.165, 1.54) is 10.1 Å². The summed E-state index contributed by atoms with van der Waals surface area (Å²) in [6, 6.07) is 31.8. The smallest absolute Gasteiger partial charge is 0.435 e. The highest BCUT2D eigenvalue weighted by Crippen LogP contribution is 2.24. The van der Waals surface area contributed by atoms with Crippen molar-refractivity contribution in [1.29, 1.82) is 0 Å². The number of allylic oxidation sites excluding steroid dienone is 1. The Morgan fingerprint density at radius 3 is 2.29 bits per heavy atom. The molecule has 4 aromatic carbocycles. The second kappa shape index (κ2) is 17.3. The molecule has 0 saturated heterocycles. The van der Waals surface area contributed by atoms with E-state index in [0.29, 0.717) is 22.5 Å². The summed E-state index contributed by atoms with van der Waals surface area (Å²) < 4.78 is 6.58. The number of nitrogens with two attached hydrogens (primary N) is 2. The fourth-order valence-electron chi connectivity index (χ4n) is 5.22. The minimum Gasteiger partial charge on any atom is -0.443 e. The van der Waals surface area contributed by atoms with Gasteiger partial charge in [-0.3, -0.25) is 14.2 Å². The van der Waals surface area contributed by atoms with Crippen molar-refractivity contribution >= 4 is 35.4 Å². The summed E-state index contributed by atoms with van der Waals surface area (Å²) in [5, 5.41) is 5.95. The topological polar surface area (TPSA) is 167 Å². The molecule has 0 bridgehead atoms. The Hall–Kier alpha value is -6.49. The van der Waals surface area contributed by atoms with Crippen LogP contribution in [0, 0.1) is 0 Å². The average Bonchev–Trinajstić information content (AvgIpc) is 3.12. The maximum Gasteiger partial charge on any atom is 0.435 e. The van der Waals surface area contributed by atoms with Gasteiger partial charge in [0, 0.05) is 29.4 Å². The van der Waals surface area contributed by atoms with Gasteiger partial charge in [-0.05, 0) is 60.7 Å². The number of ether oxygens (including phenoxy) is 1. The molecule has 0 unspecified atom stereocenters. The van der Waals surface area contributed by atoms with Crippen LogP contribution >= 0.6 is 0 Å². The molecule has 0 saturated carbocycles. The van der Waals surface area contributed by atoms with Crippen molar-refractivity contribution in [1.82, 2.24) is 14.9 Å². The van der Waals surface area contributed by atoms with Crippen molar-refractivity contribution in [3.8, 4) is 11.3 Å². The number of nitrogens with zero attached hydrogens (tertiary/aromatic N) is 3. The lowest BCUT2D eigenvalue weighted by Gasteiger charge is -2.17. The molecule has 0 aliphatic carbocycles. The highest BCUT2D eigenvalue weighted by Gasteiger charge is 2.17. The van der Waals surface area contributed by atoms with Crippen LogP contribution < -0.4 is 27.7 Å². The summed E-state index contributed by atoms with van der Waals surface area (Å²) in [4.78, 5) is 47.3. The normalized spacial score (nSPS) is 11.5. The quantitative estimate of drug-likeness (QED) is 0.0674. The molecular weight excluding hydrogens is 642 g/mol. The van der Waals surface area contributed by atoms with E-state index in [2.05, 4.69) is 38.8 Å². The van der Waals surface area contributed by atoms with Gasteiger partial charge in [0.2, 0.25) is 5.91 Å². The van der Waals surface area contributed by atoms with E-state index < -0.39 is 11.7 Å². The third-order valence-electron chi connectivity index (χ3n) is 7.72. The SMILES string of the molecule is CC(C)Nc1ncc(-c2cc(N)cc(C=CCc3ccccc3)c2)n(CC(=O)NCc2ccc(C(N)=NC(=O)OCc3ccccc3)cc2)c1=O. The Labute approximate surface area is 296 Å². The van der Waals surface area contributed by atoms with Crippen LogP contribution in [0.15, 0.2) is 125 Å². The molecule has 260 valence electrons. The van der Waals surface area contributed by atoms with Gasteiger partial charge in [0.05, 0.1) is 11.9 Å². The number of amides is 2. The maximum absolute atomic E-state index is 13.7. The Morgan fingerprint density at radius 1 is 0.922 bits per heavy atom. The molecular formula is C40H41N7O4. The number of hydrogen-bond acceptors (Lipinski definition) is 7. The van der Waals surface area contributed by atoms with Gasteiger partial charge in [-0.25, -0.2) is 9.78 Å². The molecule has 0 atom stereocenters. The van der Waals surface area contributed by atoms with E-state index in [1.807, 2.05) is 80.6 Å². The third kappa shape index (κ3) is 10.5. The number of hydrogen-bond donors (Lipinski definition) is 4. The van der Waals surface area contributed by atoms with E-state index in [1.54, 1.807) is 36.5 Å². The molecule has 0 spiro atoms. The van der Waals surface area contributed by atoms with Crippen molar-refractivity contribution in [2.45, 2.75) is 46.0 Å². The number of aliphatic imine (C=N–C) groups is 1. The number of aromatic nitrogens is 2. The maximum atomic E-state index is 13.7. The van der Waals surface area contributed by atoms with Crippen LogP contribution in [0.5, 0.6) is 0 Å². The molecule has 0 aliphatic rings. The van der Waals surface area contributed by atoms with Crippen LogP contribution in [-0.4, -0.2) is 33.4 Å². The summed E-state index contributed by atoms with van der Waals surface area (Å²) >= 11 is 0. The summed E-state index contributed by atoms with van der Waals surface area (Å²) in [6.07, 6.45) is 5.57. The van der Waals surface area contributed by atoms with Gasteiger partial charge in [-0.2, -0.15) is 4.99 Å². The van der Waals surface area contributed by atoms with E-state index in [-0.39, 0.29) is 43.3 Å². The van der Waals surface area contributed by atoms with E-state index >= 15 is 0 Å². The lowest BCUT2D eigenvalue weighted by atomic mass is 10.0. The summed E-state index contributed by atoms with van der Waals surface area (Å²) in [7, 11) is 0. The largest absolute Gasteiger partial charge is 0.443 e. The number of benzene rings is 4. The molecule has 11 heteroatoms. The molecule has 1 aromatic heterocycles. The predicted molar refractivity (Wildman–Crippen MR) is 202 cm³/mol. The minimum absolute atomic E-state index is 0.00967. The molecule has 6 N–H and O–H groups in total. The molecule has 5 aromatic rings. The second-order valence-electron chi connectivity index (χ2n) is 12.2. The molecule has 51 heavy (non-hydrogen) atoms. The van der Waals surface area contributed by atoms with Gasteiger partial charge in [-0.1, -0.05) is 97.1 Å². The van der Waals surface area contributed by atoms with Crippen molar-refractivity contribution in [3.05, 3.63) is 154 Å². The zero-order valence-corrected chi connectivity index (χ0v) is 28.6. The number of carbonyl (C=O) groups excluding carboxylic acids is 2. The molecule has 5 rings (SSSR count). The molecule has 1 heterocycles. The van der Waals surface area contributed by atoms with E-state index in [9.17, 15) is 14.4 Å². The first-order chi connectivity index (χ1) is 24.6. The zero-order valence-electron chi connectivity index (χ0n) is 28.6. The lowest BCUT2D eigenvalue weighted by molar-refractivity contribution is -0.121. The molecule has 0 aliphatic heterocycles. The van der Waals surface area contributed by atoms with Gasteiger partial charge in [0.25, 0.3) is 5.56 Å². The summed E-state index contributed by atoms with van der Waals surface area (Å²) in [5.41, 5.74) is 17.7. The molecule has 2 amide bonds. The Morgan fingerprint density at radius 2 is 1.61 bits per heavy atom. The fourth-order valence-corrected chi connectivity index (χ4v) is 5.22. The van der Waals surface area contributed by atoms with Crippen LogP contribution in [0.3, 0.4) is 0 Å². The Bertz CT molecular complexity index is 2070. The third-order valence-corrected chi connectivity index (χ3v) is 7.72. The summed E-state index contributed by atoms with van der Waals surface area (Å²) in [5.74, 6) is -0.221. The Balaban J connectivity index is 1.27. The number of anilines is 2. The molecule has 0 radical (unpaired) electrons. The number of rotatable bonds is 13. The predicted octanol–water partition coefficient (Wildman–Crippen LogP) is 5.93. The van der Waals surface area contributed by atoms with Crippen molar-refractivity contribution < 1.29 is 14.3 Å². The number of amidine groups is 1. The van der Waals surface area contributed by atoms with Crippen LogP contribution in [0.25, 0.3) is 17.3 Å². The number of carbonyl (C=O) groups is 2. The zero-order chi connectivity index (χ0) is 36.2. The minimum atomic E-state index is -0.792. The average molecular weight is 684 g/mol. The number of nitrogen functional groups attached to an aromatic ring is 1. The van der Waals surface area contributed by atoms with Crippen molar-refractivity contribution in [2.75, 3.05) is 11.1 Å². The molecule has 0 fully saturated rings. The van der Waals surface area contributed by atoms with Gasteiger partial charge in [-0.15, -0.1) is 0 Å². The highest BCUT2D eigenvalue weighted by molar-refractivity contribution is 6.02. The molecule has 11 nitrogen and oxygen atoms in total. The van der Waals surface area contributed by atoms with Crippen molar-refractivity contribution in [3.63, 3.8) is 0 Å². The van der Waals surface area contributed by atoms with Crippen LogP contribution in [0.4, 0.5) is 16.3 Å². The van der Waals surface area contributed by atoms with Gasteiger partial charge >= 0.3 is 6.09 Å². The van der Waals surface area contributed by atoms with Crippen LogP contribution in [0.1, 0.15) is 41.7 Å². The summed E-state index contributed by atoms with van der Waals surface area (Å²) in [6.45, 7) is 3.84. The highest BCUT2D eigenvalue weighted by atomic mass is 16.5.